The first-order chi connectivity index (χ1) is 17.9. The molecule has 0 aliphatic carbocycles. The first kappa shape index (κ1) is 27.9. The third-order valence-electron chi connectivity index (χ3n) is 5.57. The number of hydrogen-bond donors (Lipinski definition) is 4. The number of nitriles is 1. The molecule has 0 saturated carbocycles. The average Bonchev–Trinajstić information content (AvgIpc) is 2.91. The Kier molecular flexibility index (Phi) is 10.7. The van der Waals surface area contributed by atoms with E-state index in [-0.39, 0.29) is 25.0 Å². The second kappa shape index (κ2) is 14.2. The van der Waals surface area contributed by atoms with Crippen molar-refractivity contribution in [1.29, 1.82) is 5.26 Å². The minimum Gasteiger partial charge on any atom is -0.492 e. The highest BCUT2D eigenvalue weighted by Crippen LogP contribution is 2.32. The van der Waals surface area contributed by atoms with Crippen LogP contribution in [0.2, 0.25) is 5.02 Å². The Morgan fingerprint density at radius 3 is 2.78 bits per heavy atom. The van der Waals surface area contributed by atoms with Crippen molar-refractivity contribution < 1.29 is 24.2 Å². The number of rotatable bonds is 13. The van der Waals surface area contributed by atoms with E-state index in [1.54, 1.807) is 42.5 Å². The molecule has 1 aliphatic rings. The molecule has 4 N–H and O–H groups in total. The zero-order chi connectivity index (χ0) is 26.6. The second-order valence-corrected chi connectivity index (χ2v) is 8.64. The summed E-state index contributed by atoms with van der Waals surface area (Å²) in [7, 11) is 0. The van der Waals surface area contributed by atoms with Crippen molar-refractivity contribution in [2.24, 2.45) is 5.10 Å². The molecule has 11 heteroatoms. The van der Waals surface area contributed by atoms with Crippen molar-refractivity contribution >= 4 is 29.1 Å². The molecule has 3 rings (SSSR count). The number of hydrazone groups is 1. The molecule has 0 spiro atoms. The molecule has 1 unspecified atom stereocenters. The largest absolute Gasteiger partial charge is 0.492 e. The molecule has 1 aliphatic heterocycles. The zero-order valence-corrected chi connectivity index (χ0v) is 21.3. The summed E-state index contributed by atoms with van der Waals surface area (Å²) in [6.07, 6.45) is -0.191. The lowest BCUT2D eigenvalue weighted by molar-refractivity contribution is -0.128. The number of para-hydroxylation sites is 2. The van der Waals surface area contributed by atoms with Gasteiger partial charge >= 0.3 is 0 Å². The standard InChI is InChI=1S/C26H30ClN5O5/c1-2-21(37-25-18(7-5-8-19(25)27)20-10-11-24(34)32-31-20)26(35)30-14-13-29-23(33)12-15-36-22-9-4-3-6-17(22)16-28/h3-9,21,23,29,33H,2,10-15H2,1H3,(H,30,35)(H,32,34)/t21?,23-/m0/s1. The summed E-state index contributed by atoms with van der Waals surface area (Å²) in [6.45, 7) is 2.64. The van der Waals surface area contributed by atoms with Crippen LogP contribution in [0.15, 0.2) is 47.6 Å². The summed E-state index contributed by atoms with van der Waals surface area (Å²) >= 11 is 6.38. The predicted octanol–water partition coefficient (Wildman–Crippen LogP) is 2.48. The first-order valence-electron chi connectivity index (χ1n) is 12.0. The summed E-state index contributed by atoms with van der Waals surface area (Å²) in [5.74, 6) is 0.333. The quantitative estimate of drug-likeness (QED) is 0.231. The van der Waals surface area contributed by atoms with Crippen molar-refractivity contribution in [3.8, 4) is 17.6 Å². The lowest BCUT2D eigenvalue weighted by atomic mass is 10.0. The number of carbonyl (C=O) groups excluding carboxylic acids is 2. The van der Waals surface area contributed by atoms with Crippen LogP contribution in [0.3, 0.4) is 0 Å². The summed E-state index contributed by atoms with van der Waals surface area (Å²) in [6, 6.07) is 14.2. The molecule has 37 heavy (non-hydrogen) atoms. The molecule has 0 radical (unpaired) electrons. The van der Waals surface area contributed by atoms with Gasteiger partial charge in [-0.15, -0.1) is 0 Å². The van der Waals surface area contributed by atoms with Gasteiger partial charge in [-0.3, -0.25) is 14.9 Å². The van der Waals surface area contributed by atoms with E-state index in [2.05, 4.69) is 27.2 Å². The Morgan fingerprint density at radius 1 is 1.24 bits per heavy atom. The Bertz CT molecular complexity index is 1170. The summed E-state index contributed by atoms with van der Waals surface area (Å²) in [4.78, 5) is 24.2. The highest BCUT2D eigenvalue weighted by molar-refractivity contribution is 6.32. The number of aliphatic hydroxyl groups excluding tert-OH is 1. The van der Waals surface area contributed by atoms with E-state index >= 15 is 0 Å². The number of aliphatic hydroxyl groups is 1. The van der Waals surface area contributed by atoms with E-state index < -0.39 is 12.3 Å². The number of amides is 2. The van der Waals surface area contributed by atoms with E-state index in [1.165, 1.54) is 0 Å². The summed E-state index contributed by atoms with van der Waals surface area (Å²) in [5.41, 5.74) is 4.15. The van der Waals surface area contributed by atoms with Crippen molar-refractivity contribution in [2.75, 3.05) is 19.7 Å². The van der Waals surface area contributed by atoms with Crippen LogP contribution in [0.25, 0.3) is 0 Å². The molecule has 2 atom stereocenters. The zero-order valence-electron chi connectivity index (χ0n) is 20.5. The van der Waals surface area contributed by atoms with Crippen molar-refractivity contribution in [3.05, 3.63) is 58.6 Å². The SMILES string of the molecule is CCC(Oc1c(Cl)cccc1C1=NNC(=O)CC1)C(=O)NCCN[C@@H](O)CCOc1ccccc1C#N. The molecule has 2 aromatic carbocycles. The van der Waals surface area contributed by atoms with Crippen LogP contribution < -0.4 is 25.5 Å². The van der Waals surface area contributed by atoms with Crippen LogP contribution in [0.4, 0.5) is 0 Å². The highest BCUT2D eigenvalue weighted by Gasteiger charge is 2.24. The van der Waals surface area contributed by atoms with Gasteiger partial charge in [-0.25, -0.2) is 5.43 Å². The molecule has 0 bridgehead atoms. The minimum absolute atomic E-state index is 0.158. The maximum absolute atomic E-state index is 12.8. The molecular weight excluding hydrogens is 498 g/mol. The molecule has 0 fully saturated rings. The Labute approximate surface area is 220 Å². The van der Waals surface area contributed by atoms with E-state index in [0.717, 1.165) is 0 Å². The number of nitrogens with one attached hydrogen (secondary N) is 3. The van der Waals surface area contributed by atoms with Crippen molar-refractivity contribution in [3.63, 3.8) is 0 Å². The van der Waals surface area contributed by atoms with Gasteiger partial charge in [0.05, 0.1) is 22.9 Å². The number of ether oxygens (including phenoxy) is 2. The first-order valence-corrected chi connectivity index (χ1v) is 12.4. The van der Waals surface area contributed by atoms with Crippen LogP contribution >= 0.6 is 11.6 Å². The van der Waals surface area contributed by atoms with E-state index in [1.807, 2.05) is 6.92 Å². The third kappa shape index (κ3) is 8.18. The van der Waals surface area contributed by atoms with Gasteiger partial charge in [0.25, 0.3) is 5.91 Å². The monoisotopic (exact) mass is 527 g/mol. The molecule has 10 nitrogen and oxygen atoms in total. The maximum Gasteiger partial charge on any atom is 0.261 e. The summed E-state index contributed by atoms with van der Waals surface area (Å²) in [5, 5.41) is 29.4. The lowest BCUT2D eigenvalue weighted by Crippen LogP contribution is -2.43. The van der Waals surface area contributed by atoms with Gasteiger partial charge in [-0.2, -0.15) is 10.4 Å². The fraction of sp³-hybridized carbons (Fsp3) is 0.385. The van der Waals surface area contributed by atoms with Crippen molar-refractivity contribution in [1.82, 2.24) is 16.1 Å². The number of benzene rings is 2. The second-order valence-electron chi connectivity index (χ2n) is 8.23. The number of carbonyl (C=O) groups is 2. The van der Waals surface area contributed by atoms with Crippen LogP contribution in [-0.4, -0.2) is 54.7 Å². The van der Waals surface area contributed by atoms with Gasteiger partial charge < -0.3 is 19.9 Å². The number of nitrogens with zero attached hydrogens (tertiary/aromatic N) is 2. The molecule has 196 valence electrons. The molecule has 2 aromatic rings. The fourth-order valence-corrected chi connectivity index (χ4v) is 3.81. The third-order valence-corrected chi connectivity index (χ3v) is 5.86. The smallest absolute Gasteiger partial charge is 0.261 e. The normalized spacial score (nSPS) is 14.5. The van der Waals surface area contributed by atoms with Crippen LogP contribution in [0, 0.1) is 11.3 Å². The highest BCUT2D eigenvalue weighted by atomic mass is 35.5. The van der Waals surface area contributed by atoms with Crippen LogP contribution in [-0.2, 0) is 9.59 Å². The fourth-order valence-electron chi connectivity index (χ4n) is 3.59. The van der Waals surface area contributed by atoms with Crippen LogP contribution in [0.5, 0.6) is 11.5 Å². The lowest BCUT2D eigenvalue weighted by Gasteiger charge is -2.22. The van der Waals surface area contributed by atoms with Gasteiger partial charge in [0.15, 0.2) is 6.10 Å². The number of hydrogen-bond acceptors (Lipinski definition) is 8. The molecule has 0 aromatic heterocycles. The summed E-state index contributed by atoms with van der Waals surface area (Å²) < 4.78 is 11.6. The number of halogens is 1. The van der Waals surface area contributed by atoms with Gasteiger partial charge in [-0.1, -0.05) is 36.7 Å². The Morgan fingerprint density at radius 2 is 2.05 bits per heavy atom. The van der Waals surface area contributed by atoms with E-state index in [4.69, 9.17) is 26.3 Å². The molecule has 2 amide bonds. The van der Waals surface area contributed by atoms with E-state index in [9.17, 15) is 14.7 Å². The van der Waals surface area contributed by atoms with Gasteiger partial charge in [0, 0.05) is 37.9 Å². The molecule has 1 heterocycles. The maximum atomic E-state index is 12.8. The molecule has 0 saturated heterocycles. The topological polar surface area (TPSA) is 145 Å². The van der Waals surface area contributed by atoms with E-state index in [0.29, 0.717) is 65.6 Å². The van der Waals surface area contributed by atoms with Gasteiger partial charge in [0.2, 0.25) is 5.91 Å². The minimum atomic E-state index is -0.841. The van der Waals surface area contributed by atoms with Crippen molar-refractivity contribution in [2.45, 2.75) is 44.9 Å². The Balaban J connectivity index is 1.45. The Hall–Kier alpha value is -3.65. The van der Waals surface area contributed by atoms with Gasteiger partial charge in [-0.05, 0) is 30.7 Å². The average molecular weight is 528 g/mol. The molecular formula is C26H30ClN5O5. The van der Waals surface area contributed by atoms with Crippen LogP contribution in [0.1, 0.15) is 43.7 Å². The predicted molar refractivity (Wildman–Crippen MR) is 138 cm³/mol. The van der Waals surface area contributed by atoms with Gasteiger partial charge in [0.1, 0.15) is 23.8 Å².